The van der Waals surface area contributed by atoms with Crippen molar-refractivity contribution in [2.24, 2.45) is 0 Å². The molecule has 0 aliphatic carbocycles. The van der Waals surface area contributed by atoms with E-state index in [4.69, 9.17) is 0 Å². The number of carbonyl (C=O) groups excluding carboxylic acids is 1. The number of quaternary nitrogens is 1. The highest BCUT2D eigenvalue weighted by molar-refractivity contribution is 7.10. The van der Waals surface area contributed by atoms with Gasteiger partial charge in [-0.15, -0.1) is 11.3 Å². The van der Waals surface area contributed by atoms with Gasteiger partial charge in [0.05, 0.1) is 12.6 Å². The second kappa shape index (κ2) is 7.95. The Morgan fingerprint density at radius 1 is 1.29 bits per heavy atom. The average Bonchev–Trinajstić information content (AvgIpc) is 3.07. The van der Waals surface area contributed by atoms with Crippen molar-refractivity contribution in [3.63, 3.8) is 0 Å². The van der Waals surface area contributed by atoms with Crippen LogP contribution < -0.4 is 5.32 Å². The molecule has 0 radical (unpaired) electrons. The van der Waals surface area contributed by atoms with Crippen LogP contribution in [0.5, 0.6) is 0 Å². The number of thiophene rings is 1. The Bertz CT molecular complexity index is 677. The number of nitrogens with two attached hydrogens (primary N) is 1. The van der Waals surface area contributed by atoms with Crippen molar-refractivity contribution in [1.29, 1.82) is 0 Å². The van der Waals surface area contributed by atoms with E-state index in [0.717, 1.165) is 19.5 Å². The predicted molar refractivity (Wildman–Crippen MR) is 99.3 cm³/mol. The monoisotopic (exact) mass is 343 g/mol. The number of benzene rings is 1. The van der Waals surface area contributed by atoms with Gasteiger partial charge in [0.1, 0.15) is 0 Å². The maximum absolute atomic E-state index is 12.8. The van der Waals surface area contributed by atoms with E-state index in [9.17, 15) is 4.79 Å². The van der Waals surface area contributed by atoms with Gasteiger partial charge in [0.2, 0.25) is 0 Å². The van der Waals surface area contributed by atoms with Gasteiger partial charge >= 0.3 is 0 Å². The number of fused-ring (bicyclic) bond motifs is 1. The first kappa shape index (κ1) is 17.2. The minimum Gasteiger partial charge on any atom is -0.338 e. The maximum atomic E-state index is 12.8. The molecule has 2 N–H and O–H groups in total. The van der Waals surface area contributed by atoms with Crippen molar-refractivity contribution in [3.8, 4) is 0 Å². The van der Waals surface area contributed by atoms with E-state index < -0.39 is 0 Å². The third kappa shape index (κ3) is 3.70. The molecule has 0 bridgehead atoms. The fraction of sp³-hybridized carbons (Fsp3) is 0.450. The highest BCUT2D eigenvalue weighted by Gasteiger charge is 2.33. The molecule has 1 aliphatic rings. The summed E-state index contributed by atoms with van der Waals surface area (Å²) in [6.45, 7) is 6.71. The first-order valence-electron chi connectivity index (χ1n) is 8.94. The molecule has 1 atom stereocenters. The molecule has 0 saturated carbocycles. The number of unbranched alkanes of at least 4 members (excludes halogenated alkanes) is 1. The van der Waals surface area contributed by atoms with Gasteiger partial charge in [-0.3, -0.25) is 4.79 Å². The number of carbonyl (C=O) groups is 1. The second-order valence-corrected chi connectivity index (χ2v) is 7.59. The Morgan fingerprint density at radius 2 is 2.08 bits per heavy atom. The molecule has 0 spiro atoms. The van der Waals surface area contributed by atoms with Crippen LogP contribution in [0, 0.1) is 6.92 Å². The summed E-state index contributed by atoms with van der Waals surface area (Å²) in [7, 11) is 0. The fourth-order valence-electron chi connectivity index (χ4n) is 3.38. The highest BCUT2D eigenvalue weighted by Crippen LogP contribution is 2.37. The van der Waals surface area contributed by atoms with Crippen LogP contribution >= 0.6 is 11.3 Å². The molecule has 4 heteroatoms. The Labute approximate surface area is 148 Å². The van der Waals surface area contributed by atoms with Crippen molar-refractivity contribution >= 4 is 17.2 Å². The number of hydrogen-bond acceptors (Lipinski definition) is 2. The van der Waals surface area contributed by atoms with Crippen LogP contribution in [0.4, 0.5) is 0 Å². The Hall–Kier alpha value is -1.65. The third-order valence-corrected chi connectivity index (χ3v) is 5.76. The van der Waals surface area contributed by atoms with Crippen molar-refractivity contribution < 1.29 is 10.1 Å². The van der Waals surface area contributed by atoms with E-state index >= 15 is 0 Å². The summed E-state index contributed by atoms with van der Waals surface area (Å²) < 4.78 is 0. The molecular formula is C20H27N2OS+. The maximum Gasteiger partial charge on any atom is 0.278 e. The summed E-state index contributed by atoms with van der Waals surface area (Å²) in [4.78, 5) is 16.4. The molecule has 0 saturated heterocycles. The van der Waals surface area contributed by atoms with Crippen LogP contribution in [-0.4, -0.2) is 30.4 Å². The molecule has 1 aromatic heterocycles. The second-order valence-electron chi connectivity index (χ2n) is 6.58. The largest absolute Gasteiger partial charge is 0.338 e. The number of nitrogens with zero attached hydrogens (tertiary/aromatic N) is 1. The smallest absolute Gasteiger partial charge is 0.278 e. The lowest BCUT2D eigenvalue weighted by Crippen LogP contribution is -2.86. The van der Waals surface area contributed by atoms with Gasteiger partial charge in [-0.25, -0.2) is 0 Å². The topological polar surface area (TPSA) is 36.9 Å². The van der Waals surface area contributed by atoms with Gasteiger partial charge < -0.3 is 10.2 Å². The van der Waals surface area contributed by atoms with Gasteiger partial charge in [-0.1, -0.05) is 43.2 Å². The molecule has 1 aliphatic heterocycles. The zero-order chi connectivity index (χ0) is 16.9. The standard InChI is InChI=1S/C20H26N2OS/c1-3-4-11-21-14-19(23)22-12-9-18-17(10-13-24-18)20(22)16-7-5-15(2)6-8-16/h5-8,10,13,20-21H,3-4,9,11-12,14H2,1-2H3/p+1/t20-/m0/s1. The molecule has 0 fully saturated rings. The predicted octanol–water partition coefficient (Wildman–Crippen LogP) is 2.89. The molecule has 3 nitrogen and oxygen atoms in total. The summed E-state index contributed by atoms with van der Waals surface area (Å²) in [5, 5.41) is 4.31. The van der Waals surface area contributed by atoms with Crippen LogP contribution in [0.2, 0.25) is 0 Å². The number of hydrogen-bond donors (Lipinski definition) is 1. The van der Waals surface area contributed by atoms with E-state index in [1.165, 1.54) is 34.4 Å². The normalized spacial score (nSPS) is 16.9. The molecule has 1 aromatic carbocycles. The van der Waals surface area contributed by atoms with E-state index in [0.29, 0.717) is 6.54 Å². The minimum atomic E-state index is 0.0766. The van der Waals surface area contributed by atoms with E-state index in [1.807, 2.05) is 11.3 Å². The summed E-state index contributed by atoms with van der Waals surface area (Å²) in [6, 6.07) is 10.9. The first-order chi connectivity index (χ1) is 11.7. The molecule has 2 heterocycles. The van der Waals surface area contributed by atoms with E-state index in [2.05, 4.69) is 59.8 Å². The summed E-state index contributed by atoms with van der Waals surface area (Å²) in [5.41, 5.74) is 3.80. The van der Waals surface area contributed by atoms with Crippen molar-refractivity contribution in [1.82, 2.24) is 4.90 Å². The lowest BCUT2D eigenvalue weighted by molar-refractivity contribution is -0.644. The fourth-order valence-corrected chi connectivity index (χ4v) is 4.29. The zero-order valence-electron chi connectivity index (χ0n) is 14.6. The Morgan fingerprint density at radius 3 is 2.83 bits per heavy atom. The average molecular weight is 344 g/mol. The molecule has 1 amide bonds. The van der Waals surface area contributed by atoms with Crippen molar-refractivity contribution in [3.05, 3.63) is 57.3 Å². The van der Waals surface area contributed by atoms with Gasteiger partial charge in [0.25, 0.3) is 5.91 Å². The molecule has 0 unspecified atom stereocenters. The molecule has 2 aromatic rings. The number of rotatable bonds is 6. The number of aryl methyl sites for hydroxylation is 1. The van der Waals surface area contributed by atoms with Crippen LogP contribution in [0.25, 0.3) is 0 Å². The molecule has 3 rings (SSSR count). The SMILES string of the molecule is CCCC[NH2+]CC(=O)N1CCc2sccc2[C@@H]1c1ccc(C)cc1. The Balaban J connectivity index is 1.82. The van der Waals surface area contributed by atoms with E-state index in [-0.39, 0.29) is 11.9 Å². The van der Waals surface area contributed by atoms with Gasteiger partial charge in [0, 0.05) is 11.4 Å². The Kier molecular flexibility index (Phi) is 5.69. The summed E-state index contributed by atoms with van der Waals surface area (Å²) in [6.07, 6.45) is 3.33. The van der Waals surface area contributed by atoms with Crippen LogP contribution in [0.15, 0.2) is 35.7 Å². The third-order valence-electron chi connectivity index (χ3n) is 4.76. The molecular weight excluding hydrogens is 316 g/mol. The van der Waals surface area contributed by atoms with E-state index in [1.54, 1.807) is 0 Å². The van der Waals surface area contributed by atoms with Crippen molar-refractivity contribution in [2.45, 2.75) is 39.2 Å². The lowest BCUT2D eigenvalue weighted by Gasteiger charge is -2.36. The summed E-state index contributed by atoms with van der Waals surface area (Å²) in [5.74, 6) is 0.258. The van der Waals surface area contributed by atoms with Crippen LogP contribution in [0.1, 0.15) is 47.4 Å². The molecule has 24 heavy (non-hydrogen) atoms. The zero-order valence-corrected chi connectivity index (χ0v) is 15.4. The number of amides is 1. The minimum absolute atomic E-state index is 0.0766. The molecule has 128 valence electrons. The highest BCUT2D eigenvalue weighted by atomic mass is 32.1. The van der Waals surface area contributed by atoms with Crippen molar-refractivity contribution in [2.75, 3.05) is 19.6 Å². The summed E-state index contributed by atoms with van der Waals surface area (Å²) >= 11 is 1.82. The van der Waals surface area contributed by atoms with Crippen LogP contribution in [0.3, 0.4) is 0 Å². The van der Waals surface area contributed by atoms with Gasteiger partial charge in [-0.05, 0) is 42.3 Å². The van der Waals surface area contributed by atoms with Gasteiger partial charge in [-0.2, -0.15) is 0 Å². The lowest BCUT2D eigenvalue weighted by atomic mass is 9.92. The quantitative estimate of drug-likeness (QED) is 0.805. The van der Waals surface area contributed by atoms with Crippen LogP contribution in [-0.2, 0) is 11.2 Å². The first-order valence-corrected chi connectivity index (χ1v) is 9.82. The van der Waals surface area contributed by atoms with Gasteiger partial charge in [0.15, 0.2) is 6.54 Å².